The summed E-state index contributed by atoms with van der Waals surface area (Å²) in [5.41, 5.74) is 6.84. The Morgan fingerprint density at radius 3 is 2.80 bits per heavy atom. The Hall–Kier alpha value is -1.26. The van der Waals surface area contributed by atoms with E-state index in [9.17, 15) is 4.79 Å². The molecule has 0 radical (unpaired) electrons. The molecule has 1 fully saturated rings. The molecular weight excluding hydrogens is 274 g/mol. The van der Waals surface area contributed by atoms with Gasteiger partial charge in [0, 0.05) is 24.7 Å². The summed E-state index contributed by atoms with van der Waals surface area (Å²) in [6.45, 7) is 4.06. The average Bonchev–Trinajstić information content (AvgIpc) is 3.22. The highest BCUT2D eigenvalue weighted by Gasteiger charge is 2.28. The third kappa shape index (κ3) is 4.39. The number of nitrogen functional groups attached to an aromatic ring is 1. The number of rotatable bonds is 7. The van der Waals surface area contributed by atoms with Crippen LogP contribution in [0.1, 0.15) is 32.6 Å². The Labute approximate surface area is 125 Å². The second-order valence-electron chi connectivity index (χ2n) is 5.30. The van der Waals surface area contributed by atoms with Crippen molar-refractivity contribution in [1.82, 2.24) is 4.90 Å². The van der Waals surface area contributed by atoms with Crippen LogP contribution in [-0.2, 0) is 4.79 Å². The molecule has 0 saturated heterocycles. The van der Waals surface area contributed by atoms with Gasteiger partial charge in [0.25, 0.3) is 0 Å². The van der Waals surface area contributed by atoms with E-state index >= 15 is 0 Å². The minimum absolute atomic E-state index is 0.00146. The van der Waals surface area contributed by atoms with Gasteiger partial charge in [-0.3, -0.25) is 9.69 Å². The molecule has 1 aliphatic rings. The highest BCUT2D eigenvalue weighted by atomic mass is 35.5. The average molecular weight is 296 g/mol. The first-order valence-corrected chi connectivity index (χ1v) is 7.57. The fourth-order valence-corrected chi connectivity index (χ4v) is 2.53. The normalized spacial score (nSPS) is 14.6. The van der Waals surface area contributed by atoms with E-state index in [1.54, 1.807) is 18.2 Å². The molecular formula is C15H22ClN3O. The van der Waals surface area contributed by atoms with Gasteiger partial charge in [0.15, 0.2) is 0 Å². The van der Waals surface area contributed by atoms with E-state index in [2.05, 4.69) is 17.1 Å². The minimum Gasteiger partial charge on any atom is -0.399 e. The minimum atomic E-state index is -0.00146. The molecule has 1 amide bonds. The van der Waals surface area contributed by atoms with Crippen LogP contribution in [0.3, 0.4) is 0 Å². The Kier molecular flexibility index (Phi) is 5.26. The van der Waals surface area contributed by atoms with Crippen LogP contribution >= 0.6 is 11.6 Å². The van der Waals surface area contributed by atoms with Gasteiger partial charge >= 0.3 is 0 Å². The Balaban J connectivity index is 1.82. The zero-order chi connectivity index (χ0) is 14.5. The molecule has 3 N–H and O–H groups in total. The topological polar surface area (TPSA) is 58.4 Å². The van der Waals surface area contributed by atoms with E-state index in [0.717, 1.165) is 19.5 Å². The molecule has 0 unspecified atom stereocenters. The second kappa shape index (κ2) is 6.95. The summed E-state index contributed by atoms with van der Waals surface area (Å²) in [4.78, 5) is 14.4. The number of nitrogens with zero attached hydrogens (tertiary/aromatic N) is 1. The summed E-state index contributed by atoms with van der Waals surface area (Å²) in [7, 11) is 0. The molecule has 5 heteroatoms. The summed E-state index contributed by atoms with van der Waals surface area (Å²) >= 11 is 6.04. The second-order valence-corrected chi connectivity index (χ2v) is 5.71. The zero-order valence-electron chi connectivity index (χ0n) is 11.9. The fraction of sp³-hybridized carbons (Fsp3) is 0.533. The van der Waals surface area contributed by atoms with Gasteiger partial charge in [-0.05, 0) is 44.0 Å². The first-order valence-electron chi connectivity index (χ1n) is 7.19. The van der Waals surface area contributed by atoms with Crippen molar-refractivity contribution >= 4 is 28.9 Å². The predicted molar refractivity (Wildman–Crippen MR) is 84.0 cm³/mol. The predicted octanol–water partition coefficient (Wildman–Crippen LogP) is 3.13. The standard InChI is InChI=1S/C15H22ClN3O/c1-2-8-19(12-4-5-12)9-7-15(20)18-14-6-3-11(17)10-13(14)16/h3,6,10,12H,2,4-5,7-9,17H2,1H3,(H,18,20). The van der Waals surface area contributed by atoms with Crippen molar-refractivity contribution < 1.29 is 4.79 Å². The molecule has 20 heavy (non-hydrogen) atoms. The third-order valence-corrected chi connectivity index (χ3v) is 3.78. The van der Waals surface area contributed by atoms with Crippen LogP contribution in [0.25, 0.3) is 0 Å². The van der Waals surface area contributed by atoms with Crippen molar-refractivity contribution in [3.63, 3.8) is 0 Å². The number of carbonyl (C=O) groups excluding carboxylic acids is 1. The molecule has 1 saturated carbocycles. The number of hydrogen-bond acceptors (Lipinski definition) is 3. The Morgan fingerprint density at radius 1 is 1.45 bits per heavy atom. The van der Waals surface area contributed by atoms with Crippen molar-refractivity contribution in [3.05, 3.63) is 23.2 Å². The Morgan fingerprint density at radius 2 is 2.20 bits per heavy atom. The first-order chi connectivity index (χ1) is 9.60. The summed E-state index contributed by atoms with van der Waals surface area (Å²) in [6, 6.07) is 5.81. The van der Waals surface area contributed by atoms with Crippen molar-refractivity contribution in [1.29, 1.82) is 0 Å². The molecule has 1 aliphatic carbocycles. The monoisotopic (exact) mass is 295 g/mol. The lowest BCUT2D eigenvalue weighted by molar-refractivity contribution is -0.116. The SMILES string of the molecule is CCCN(CCC(=O)Nc1ccc(N)cc1Cl)C1CC1. The van der Waals surface area contributed by atoms with Crippen molar-refractivity contribution in [2.75, 3.05) is 24.1 Å². The summed E-state index contributed by atoms with van der Waals surface area (Å²) < 4.78 is 0. The van der Waals surface area contributed by atoms with Gasteiger partial charge in [-0.25, -0.2) is 0 Å². The van der Waals surface area contributed by atoms with Crippen LogP contribution in [0.5, 0.6) is 0 Å². The number of carbonyl (C=O) groups is 1. The van der Waals surface area contributed by atoms with Crippen molar-refractivity contribution in [3.8, 4) is 0 Å². The van der Waals surface area contributed by atoms with Crippen LogP contribution in [0, 0.1) is 0 Å². The lowest BCUT2D eigenvalue weighted by atomic mass is 10.2. The van der Waals surface area contributed by atoms with Crippen LogP contribution in [-0.4, -0.2) is 29.9 Å². The summed E-state index contributed by atoms with van der Waals surface area (Å²) in [5.74, 6) is -0.00146. The van der Waals surface area contributed by atoms with Crippen LogP contribution in [0.15, 0.2) is 18.2 Å². The number of benzene rings is 1. The van der Waals surface area contributed by atoms with Gasteiger partial charge in [0.1, 0.15) is 0 Å². The summed E-state index contributed by atoms with van der Waals surface area (Å²) in [5, 5.41) is 3.32. The van der Waals surface area contributed by atoms with Crippen LogP contribution in [0.2, 0.25) is 5.02 Å². The maximum Gasteiger partial charge on any atom is 0.225 e. The lowest BCUT2D eigenvalue weighted by Crippen LogP contribution is -2.30. The van der Waals surface area contributed by atoms with Crippen molar-refractivity contribution in [2.45, 2.75) is 38.6 Å². The molecule has 4 nitrogen and oxygen atoms in total. The number of nitrogens with one attached hydrogen (secondary N) is 1. The number of halogens is 1. The first kappa shape index (κ1) is 15.1. The van der Waals surface area contributed by atoms with E-state index in [4.69, 9.17) is 17.3 Å². The van der Waals surface area contributed by atoms with Gasteiger partial charge in [-0.15, -0.1) is 0 Å². The maximum atomic E-state index is 12.0. The molecule has 1 aromatic rings. The van der Waals surface area contributed by atoms with Gasteiger partial charge in [-0.2, -0.15) is 0 Å². The molecule has 0 aliphatic heterocycles. The van der Waals surface area contributed by atoms with E-state index in [1.807, 2.05) is 0 Å². The number of anilines is 2. The van der Waals surface area contributed by atoms with Gasteiger partial charge in [0.2, 0.25) is 5.91 Å². The molecule has 0 bridgehead atoms. The molecule has 0 atom stereocenters. The fourth-order valence-electron chi connectivity index (χ4n) is 2.29. The van der Waals surface area contributed by atoms with E-state index in [0.29, 0.717) is 28.9 Å². The largest absolute Gasteiger partial charge is 0.399 e. The van der Waals surface area contributed by atoms with Crippen LogP contribution in [0.4, 0.5) is 11.4 Å². The molecule has 110 valence electrons. The van der Waals surface area contributed by atoms with Gasteiger partial charge in [0.05, 0.1) is 10.7 Å². The Bertz CT molecular complexity index is 474. The number of amides is 1. The molecule has 0 spiro atoms. The van der Waals surface area contributed by atoms with Crippen LogP contribution < -0.4 is 11.1 Å². The van der Waals surface area contributed by atoms with Crippen molar-refractivity contribution in [2.24, 2.45) is 0 Å². The number of hydrogen-bond donors (Lipinski definition) is 2. The smallest absolute Gasteiger partial charge is 0.225 e. The van der Waals surface area contributed by atoms with Gasteiger partial charge < -0.3 is 11.1 Å². The highest BCUT2D eigenvalue weighted by molar-refractivity contribution is 6.34. The maximum absolute atomic E-state index is 12.0. The molecule has 0 heterocycles. The quantitative estimate of drug-likeness (QED) is 0.760. The molecule has 0 aromatic heterocycles. The van der Waals surface area contributed by atoms with E-state index < -0.39 is 0 Å². The molecule has 1 aromatic carbocycles. The molecule has 2 rings (SSSR count). The third-order valence-electron chi connectivity index (χ3n) is 3.47. The van der Waals surface area contributed by atoms with E-state index in [-0.39, 0.29) is 5.91 Å². The summed E-state index contributed by atoms with van der Waals surface area (Å²) in [6.07, 6.45) is 4.16. The number of nitrogens with two attached hydrogens (primary N) is 1. The highest BCUT2D eigenvalue weighted by Crippen LogP contribution is 2.27. The van der Waals surface area contributed by atoms with E-state index in [1.165, 1.54) is 12.8 Å². The lowest BCUT2D eigenvalue weighted by Gasteiger charge is -2.20. The zero-order valence-corrected chi connectivity index (χ0v) is 12.6. The van der Waals surface area contributed by atoms with Gasteiger partial charge in [-0.1, -0.05) is 18.5 Å².